The molecule has 0 saturated carbocycles. The van der Waals surface area contributed by atoms with Crippen LogP contribution in [0.15, 0.2) is 29.6 Å². The van der Waals surface area contributed by atoms with Gasteiger partial charge in [0.05, 0.1) is 24.1 Å². The topological polar surface area (TPSA) is 114 Å². The van der Waals surface area contributed by atoms with E-state index >= 15 is 0 Å². The summed E-state index contributed by atoms with van der Waals surface area (Å²) in [7, 11) is 0. The molecule has 10 heteroatoms. The van der Waals surface area contributed by atoms with Gasteiger partial charge in [-0.1, -0.05) is 0 Å². The van der Waals surface area contributed by atoms with Gasteiger partial charge >= 0.3 is 0 Å². The number of thiazole rings is 1. The molecule has 1 fully saturated rings. The minimum atomic E-state index is 0.247. The van der Waals surface area contributed by atoms with Gasteiger partial charge in [0, 0.05) is 36.8 Å². The summed E-state index contributed by atoms with van der Waals surface area (Å²) < 4.78 is 2.20. The molecule has 0 aliphatic carbocycles. The standard InChI is InChI=1S/C17H19N9S/c18-17-23-14-13(20-9-21-14)16(24-17)25-4-1-2-11(6-25)15-19-3-5-26(15)7-12-8-27-10-22-12/h3,5,8-11H,1-2,4,6-7H2,(H3,18,20,21,23,24)/t11-/m0/s1. The van der Waals surface area contributed by atoms with Crippen molar-refractivity contribution in [3.8, 4) is 0 Å². The Bertz CT molecular complexity index is 1050. The number of fused-ring (bicyclic) bond motifs is 1. The lowest BCUT2D eigenvalue weighted by Crippen LogP contribution is -2.36. The van der Waals surface area contributed by atoms with Crippen LogP contribution in [-0.2, 0) is 6.54 Å². The number of aromatic amines is 1. The first-order chi connectivity index (χ1) is 13.3. The van der Waals surface area contributed by atoms with Crippen molar-refractivity contribution in [2.24, 2.45) is 0 Å². The minimum Gasteiger partial charge on any atom is -0.368 e. The van der Waals surface area contributed by atoms with Gasteiger partial charge in [0.2, 0.25) is 5.95 Å². The lowest BCUT2D eigenvalue weighted by atomic mass is 9.97. The zero-order valence-electron chi connectivity index (χ0n) is 14.6. The summed E-state index contributed by atoms with van der Waals surface area (Å²) in [5.41, 5.74) is 10.3. The Kier molecular flexibility index (Phi) is 3.97. The summed E-state index contributed by atoms with van der Waals surface area (Å²) in [5.74, 6) is 2.48. The fraction of sp³-hybridized carbons (Fsp3) is 0.353. The molecule has 0 aromatic carbocycles. The average Bonchev–Trinajstić information content (AvgIpc) is 3.43. The SMILES string of the molecule is Nc1nc(N2CCC[C@H](c3nccn3Cc3cscn3)C2)c2[nH]cnc2n1. The van der Waals surface area contributed by atoms with Crippen molar-refractivity contribution in [3.05, 3.63) is 41.1 Å². The predicted molar refractivity (Wildman–Crippen MR) is 104 cm³/mol. The molecule has 0 bridgehead atoms. The van der Waals surface area contributed by atoms with Crippen molar-refractivity contribution >= 4 is 34.3 Å². The molecule has 4 aromatic rings. The van der Waals surface area contributed by atoms with Crippen LogP contribution in [0, 0.1) is 0 Å². The second kappa shape index (κ2) is 6.62. The van der Waals surface area contributed by atoms with Crippen molar-refractivity contribution in [2.75, 3.05) is 23.7 Å². The van der Waals surface area contributed by atoms with Crippen LogP contribution in [0.1, 0.15) is 30.3 Å². The molecule has 0 unspecified atom stereocenters. The lowest BCUT2D eigenvalue weighted by molar-refractivity contribution is 0.474. The molecule has 4 aromatic heterocycles. The highest BCUT2D eigenvalue weighted by atomic mass is 32.1. The van der Waals surface area contributed by atoms with Crippen molar-refractivity contribution in [3.63, 3.8) is 0 Å². The monoisotopic (exact) mass is 381 g/mol. The van der Waals surface area contributed by atoms with Crippen molar-refractivity contribution in [2.45, 2.75) is 25.3 Å². The van der Waals surface area contributed by atoms with Crippen LogP contribution in [-0.4, -0.2) is 47.6 Å². The maximum Gasteiger partial charge on any atom is 0.224 e. The van der Waals surface area contributed by atoms with Gasteiger partial charge in [-0.05, 0) is 12.8 Å². The lowest BCUT2D eigenvalue weighted by Gasteiger charge is -2.33. The van der Waals surface area contributed by atoms with Gasteiger partial charge in [-0.3, -0.25) is 0 Å². The quantitative estimate of drug-likeness (QED) is 0.556. The molecule has 3 N–H and O–H groups in total. The fourth-order valence-electron chi connectivity index (χ4n) is 3.75. The number of imidazole rings is 2. The van der Waals surface area contributed by atoms with E-state index in [1.165, 1.54) is 0 Å². The molecule has 1 aliphatic heterocycles. The van der Waals surface area contributed by atoms with Gasteiger partial charge in [0.1, 0.15) is 11.3 Å². The molecule has 0 radical (unpaired) electrons. The third kappa shape index (κ3) is 3.01. The van der Waals surface area contributed by atoms with Gasteiger partial charge < -0.3 is 20.2 Å². The summed E-state index contributed by atoms with van der Waals surface area (Å²) in [6.45, 7) is 2.51. The van der Waals surface area contributed by atoms with E-state index in [0.29, 0.717) is 11.6 Å². The second-order valence-electron chi connectivity index (χ2n) is 6.68. The Balaban J connectivity index is 1.43. The first kappa shape index (κ1) is 16.2. The number of nitrogens with one attached hydrogen (secondary N) is 1. The zero-order valence-corrected chi connectivity index (χ0v) is 15.4. The van der Waals surface area contributed by atoms with Gasteiger partial charge in [-0.25, -0.2) is 15.0 Å². The molecule has 1 atom stereocenters. The first-order valence-corrected chi connectivity index (χ1v) is 9.82. The minimum absolute atomic E-state index is 0.247. The highest BCUT2D eigenvalue weighted by Gasteiger charge is 2.27. The van der Waals surface area contributed by atoms with Crippen molar-refractivity contribution < 1.29 is 0 Å². The Morgan fingerprint density at radius 1 is 1.26 bits per heavy atom. The number of rotatable bonds is 4. The van der Waals surface area contributed by atoms with Gasteiger partial charge in [-0.15, -0.1) is 11.3 Å². The summed E-state index contributed by atoms with van der Waals surface area (Å²) in [5, 5.41) is 2.08. The van der Waals surface area contributed by atoms with Crippen LogP contribution in [0.4, 0.5) is 11.8 Å². The van der Waals surface area contributed by atoms with E-state index in [2.05, 4.69) is 44.8 Å². The second-order valence-corrected chi connectivity index (χ2v) is 7.40. The fourth-order valence-corrected chi connectivity index (χ4v) is 4.30. The molecule has 0 spiro atoms. The van der Waals surface area contributed by atoms with Crippen LogP contribution in [0.3, 0.4) is 0 Å². The van der Waals surface area contributed by atoms with E-state index in [-0.39, 0.29) is 5.95 Å². The predicted octanol–water partition coefficient (Wildman–Crippen LogP) is 2.02. The largest absolute Gasteiger partial charge is 0.368 e. The van der Waals surface area contributed by atoms with Crippen molar-refractivity contribution in [1.82, 2.24) is 34.5 Å². The number of nitrogens with zero attached hydrogens (tertiary/aromatic N) is 7. The molecule has 5 rings (SSSR count). The molecular formula is C17H19N9S. The summed E-state index contributed by atoms with van der Waals surface area (Å²) in [6, 6.07) is 0. The van der Waals surface area contributed by atoms with E-state index in [0.717, 1.165) is 55.3 Å². The molecular weight excluding hydrogens is 362 g/mol. The Labute approximate surface area is 159 Å². The molecule has 1 aliphatic rings. The number of nitrogen functional groups attached to an aromatic ring is 1. The maximum absolute atomic E-state index is 5.89. The molecule has 27 heavy (non-hydrogen) atoms. The van der Waals surface area contributed by atoms with Crippen LogP contribution in [0.2, 0.25) is 0 Å². The van der Waals surface area contributed by atoms with E-state index in [4.69, 9.17) is 5.73 Å². The molecule has 1 saturated heterocycles. The van der Waals surface area contributed by atoms with E-state index in [1.54, 1.807) is 17.7 Å². The van der Waals surface area contributed by atoms with Gasteiger partial charge in [0.25, 0.3) is 0 Å². The number of piperidine rings is 1. The van der Waals surface area contributed by atoms with Crippen LogP contribution in [0.5, 0.6) is 0 Å². The van der Waals surface area contributed by atoms with E-state index in [9.17, 15) is 0 Å². The summed E-state index contributed by atoms with van der Waals surface area (Å²) >= 11 is 1.62. The van der Waals surface area contributed by atoms with Crippen LogP contribution in [0.25, 0.3) is 11.2 Å². The van der Waals surface area contributed by atoms with Gasteiger partial charge in [0.15, 0.2) is 11.5 Å². The Morgan fingerprint density at radius 2 is 2.22 bits per heavy atom. The zero-order chi connectivity index (χ0) is 18.2. The van der Waals surface area contributed by atoms with Gasteiger partial charge in [-0.2, -0.15) is 9.97 Å². The number of nitrogens with two attached hydrogens (primary N) is 1. The number of H-pyrrole nitrogens is 1. The third-order valence-electron chi connectivity index (χ3n) is 4.93. The van der Waals surface area contributed by atoms with Crippen LogP contribution >= 0.6 is 11.3 Å². The highest BCUT2D eigenvalue weighted by Crippen LogP contribution is 2.31. The summed E-state index contributed by atoms with van der Waals surface area (Å²) in [4.78, 5) is 27.3. The highest BCUT2D eigenvalue weighted by molar-refractivity contribution is 7.07. The Morgan fingerprint density at radius 3 is 3.11 bits per heavy atom. The number of anilines is 2. The molecule has 0 amide bonds. The van der Waals surface area contributed by atoms with Crippen molar-refractivity contribution in [1.29, 1.82) is 0 Å². The molecule has 138 valence electrons. The smallest absolute Gasteiger partial charge is 0.224 e. The Hall–Kier alpha value is -3.01. The maximum atomic E-state index is 5.89. The molecule has 5 heterocycles. The number of aromatic nitrogens is 7. The first-order valence-electron chi connectivity index (χ1n) is 8.87. The average molecular weight is 381 g/mol. The van der Waals surface area contributed by atoms with E-state index in [1.807, 2.05) is 17.9 Å². The summed E-state index contributed by atoms with van der Waals surface area (Å²) in [6.07, 6.45) is 7.69. The number of hydrogen-bond donors (Lipinski definition) is 2. The van der Waals surface area contributed by atoms with Crippen LogP contribution < -0.4 is 10.6 Å². The van der Waals surface area contributed by atoms with E-state index < -0.39 is 0 Å². The third-order valence-corrected chi connectivity index (χ3v) is 5.57. The number of hydrogen-bond acceptors (Lipinski definition) is 8. The molecule has 9 nitrogen and oxygen atoms in total. The normalized spacial score (nSPS) is 17.6.